The molecule has 0 saturated carbocycles. The molecular weight excluding hydrogens is 287 g/mol. The third kappa shape index (κ3) is 3.33. The number of amides is 1. The normalized spacial score (nSPS) is 10.9. The third-order valence-electron chi connectivity index (χ3n) is 2.29. The Hall–Kier alpha value is -1.85. The molecule has 5 nitrogen and oxygen atoms in total. The van der Waals surface area contributed by atoms with Crippen molar-refractivity contribution in [3.63, 3.8) is 0 Å². The van der Waals surface area contributed by atoms with Crippen LogP contribution in [0.1, 0.15) is 21.7 Å². The molecule has 98 valence electrons. The van der Waals surface area contributed by atoms with Crippen molar-refractivity contribution >= 4 is 35.3 Å². The Bertz CT molecular complexity index is 636. The number of hydrogen-bond donors (Lipinski definition) is 2. The Labute approximate surface area is 119 Å². The van der Waals surface area contributed by atoms with Crippen LogP contribution < -0.4 is 5.43 Å². The first-order valence-corrected chi connectivity index (χ1v) is 6.13. The summed E-state index contributed by atoms with van der Waals surface area (Å²) in [5.41, 5.74) is 4.04. The monoisotopic (exact) mass is 296 g/mol. The molecule has 0 atom stereocenters. The predicted octanol–water partition coefficient (Wildman–Crippen LogP) is 2.79. The van der Waals surface area contributed by atoms with Gasteiger partial charge in [-0.3, -0.25) is 9.89 Å². The van der Waals surface area contributed by atoms with E-state index in [9.17, 15) is 4.79 Å². The summed E-state index contributed by atoms with van der Waals surface area (Å²) in [6.07, 6.45) is 1.42. The summed E-state index contributed by atoms with van der Waals surface area (Å²) in [5, 5.41) is 11.1. The minimum atomic E-state index is -0.404. The number of nitrogens with zero attached hydrogens (tertiary/aromatic N) is 2. The number of rotatable bonds is 3. The molecule has 0 unspecified atom stereocenters. The molecule has 0 bridgehead atoms. The molecule has 2 N–H and O–H groups in total. The molecule has 1 heterocycles. The molecule has 0 saturated heterocycles. The molecule has 0 aliphatic heterocycles. The summed E-state index contributed by atoms with van der Waals surface area (Å²) < 4.78 is 0. The third-order valence-corrected chi connectivity index (χ3v) is 3.12. The van der Waals surface area contributed by atoms with Gasteiger partial charge in [0, 0.05) is 11.3 Å². The second-order valence-corrected chi connectivity index (χ2v) is 4.56. The number of hydrazone groups is 1. The molecule has 1 aromatic carbocycles. The second-order valence-electron chi connectivity index (χ2n) is 3.78. The number of aryl methyl sites for hydroxylation is 1. The summed E-state index contributed by atoms with van der Waals surface area (Å²) in [5.74, 6) is -0.404. The fraction of sp³-hybridized carbons (Fsp3) is 0.0833. The zero-order chi connectivity index (χ0) is 13.8. The largest absolute Gasteiger partial charge is 0.291 e. The van der Waals surface area contributed by atoms with Crippen LogP contribution in [0.5, 0.6) is 0 Å². The maximum atomic E-state index is 11.6. The summed E-state index contributed by atoms with van der Waals surface area (Å²) in [4.78, 5) is 11.6. The van der Waals surface area contributed by atoms with Crippen molar-refractivity contribution in [2.75, 3.05) is 0 Å². The Morgan fingerprint density at radius 1 is 1.47 bits per heavy atom. The molecule has 0 fully saturated rings. The molecule has 2 aromatic rings. The molecule has 2 rings (SSSR count). The van der Waals surface area contributed by atoms with Crippen molar-refractivity contribution in [3.05, 3.63) is 51.3 Å². The van der Waals surface area contributed by atoms with E-state index >= 15 is 0 Å². The van der Waals surface area contributed by atoms with Crippen LogP contribution in [0.2, 0.25) is 10.0 Å². The number of aromatic amines is 1. The lowest BCUT2D eigenvalue weighted by molar-refractivity contribution is 0.0950. The van der Waals surface area contributed by atoms with Gasteiger partial charge >= 0.3 is 0 Å². The van der Waals surface area contributed by atoms with Gasteiger partial charge in [-0.1, -0.05) is 35.3 Å². The summed E-state index contributed by atoms with van der Waals surface area (Å²) in [6, 6.07) is 6.78. The number of aromatic nitrogens is 2. The van der Waals surface area contributed by atoms with E-state index in [1.807, 2.05) is 0 Å². The van der Waals surface area contributed by atoms with Crippen LogP contribution in [0.25, 0.3) is 0 Å². The quantitative estimate of drug-likeness (QED) is 0.675. The van der Waals surface area contributed by atoms with Crippen molar-refractivity contribution < 1.29 is 4.79 Å². The van der Waals surface area contributed by atoms with Gasteiger partial charge in [0.1, 0.15) is 0 Å². The van der Waals surface area contributed by atoms with E-state index in [1.54, 1.807) is 31.2 Å². The summed E-state index contributed by atoms with van der Waals surface area (Å²) in [7, 11) is 0. The van der Waals surface area contributed by atoms with Crippen LogP contribution in [0.15, 0.2) is 29.4 Å². The first-order chi connectivity index (χ1) is 9.08. The molecule has 0 aliphatic rings. The van der Waals surface area contributed by atoms with E-state index in [4.69, 9.17) is 23.2 Å². The van der Waals surface area contributed by atoms with Gasteiger partial charge in [-0.15, -0.1) is 0 Å². The van der Waals surface area contributed by atoms with Crippen LogP contribution >= 0.6 is 23.2 Å². The highest BCUT2D eigenvalue weighted by Gasteiger charge is 2.07. The Morgan fingerprint density at radius 3 is 2.95 bits per heavy atom. The van der Waals surface area contributed by atoms with Crippen molar-refractivity contribution in [2.24, 2.45) is 5.10 Å². The van der Waals surface area contributed by atoms with E-state index < -0.39 is 5.91 Å². The number of H-pyrrole nitrogens is 1. The van der Waals surface area contributed by atoms with Gasteiger partial charge in [0.25, 0.3) is 5.91 Å². The fourth-order valence-electron chi connectivity index (χ4n) is 1.37. The van der Waals surface area contributed by atoms with Crippen molar-refractivity contribution in [1.82, 2.24) is 15.6 Å². The molecule has 0 radical (unpaired) electrons. The van der Waals surface area contributed by atoms with Crippen LogP contribution in [0, 0.1) is 6.92 Å². The standard InChI is InChI=1S/C12H10Cl2N4O/c1-7-5-10(17-16-7)12(19)18-15-6-8-3-2-4-9(13)11(8)14/h2-6H,1H3,(H,16,17)(H,18,19). The number of nitrogens with one attached hydrogen (secondary N) is 2. The van der Waals surface area contributed by atoms with Crippen LogP contribution in [0.3, 0.4) is 0 Å². The summed E-state index contributed by atoms with van der Waals surface area (Å²) >= 11 is 11.8. The lowest BCUT2D eigenvalue weighted by Gasteiger charge is -1.99. The highest BCUT2D eigenvalue weighted by atomic mass is 35.5. The van der Waals surface area contributed by atoms with Gasteiger partial charge < -0.3 is 0 Å². The maximum Gasteiger partial charge on any atom is 0.291 e. The lowest BCUT2D eigenvalue weighted by atomic mass is 10.2. The van der Waals surface area contributed by atoms with Gasteiger partial charge in [-0.2, -0.15) is 10.2 Å². The molecular formula is C12H10Cl2N4O. The number of carbonyl (C=O) groups excluding carboxylic acids is 1. The highest BCUT2D eigenvalue weighted by Crippen LogP contribution is 2.23. The topological polar surface area (TPSA) is 70.1 Å². The van der Waals surface area contributed by atoms with Gasteiger partial charge in [-0.05, 0) is 19.1 Å². The van der Waals surface area contributed by atoms with Gasteiger partial charge in [0.2, 0.25) is 0 Å². The molecule has 1 amide bonds. The Kier molecular flexibility index (Phi) is 4.19. The second kappa shape index (κ2) is 5.86. The molecule has 19 heavy (non-hydrogen) atoms. The minimum Gasteiger partial charge on any atom is -0.282 e. The molecule has 7 heteroatoms. The molecule has 1 aromatic heterocycles. The summed E-state index contributed by atoms with van der Waals surface area (Å²) in [6.45, 7) is 1.80. The van der Waals surface area contributed by atoms with E-state index in [0.717, 1.165) is 5.69 Å². The lowest BCUT2D eigenvalue weighted by Crippen LogP contribution is -2.18. The fourth-order valence-corrected chi connectivity index (χ4v) is 1.73. The van der Waals surface area contributed by atoms with Crippen molar-refractivity contribution in [3.8, 4) is 0 Å². The number of benzene rings is 1. The zero-order valence-electron chi connectivity index (χ0n) is 9.95. The van der Waals surface area contributed by atoms with Crippen LogP contribution in [0.4, 0.5) is 0 Å². The van der Waals surface area contributed by atoms with Crippen molar-refractivity contribution in [2.45, 2.75) is 6.92 Å². The van der Waals surface area contributed by atoms with Gasteiger partial charge in [0.15, 0.2) is 5.69 Å². The number of hydrogen-bond acceptors (Lipinski definition) is 3. The van der Waals surface area contributed by atoms with Crippen molar-refractivity contribution in [1.29, 1.82) is 0 Å². The van der Waals surface area contributed by atoms with E-state index in [0.29, 0.717) is 15.6 Å². The van der Waals surface area contributed by atoms with Gasteiger partial charge in [-0.25, -0.2) is 5.43 Å². The Morgan fingerprint density at radius 2 is 2.26 bits per heavy atom. The molecule has 0 aliphatic carbocycles. The zero-order valence-corrected chi connectivity index (χ0v) is 11.5. The van der Waals surface area contributed by atoms with E-state index in [1.165, 1.54) is 6.21 Å². The minimum absolute atomic E-state index is 0.270. The maximum absolute atomic E-state index is 11.6. The van der Waals surface area contributed by atoms with Gasteiger partial charge in [0.05, 0.1) is 16.3 Å². The molecule has 0 spiro atoms. The first kappa shape index (κ1) is 13.6. The predicted molar refractivity (Wildman–Crippen MR) is 74.8 cm³/mol. The number of halogens is 2. The Balaban J connectivity index is 2.04. The first-order valence-electron chi connectivity index (χ1n) is 5.37. The van der Waals surface area contributed by atoms with E-state index in [2.05, 4.69) is 20.7 Å². The van der Waals surface area contributed by atoms with Crippen LogP contribution in [-0.4, -0.2) is 22.3 Å². The SMILES string of the molecule is Cc1cc(C(=O)NN=Cc2cccc(Cl)c2Cl)n[nH]1. The number of carbonyl (C=O) groups is 1. The van der Waals surface area contributed by atoms with E-state index in [-0.39, 0.29) is 5.69 Å². The van der Waals surface area contributed by atoms with Crippen LogP contribution in [-0.2, 0) is 0 Å². The average molecular weight is 297 g/mol. The highest BCUT2D eigenvalue weighted by molar-refractivity contribution is 6.43. The smallest absolute Gasteiger partial charge is 0.282 e. The average Bonchev–Trinajstić information content (AvgIpc) is 2.81.